The fourth-order valence-corrected chi connectivity index (χ4v) is 4.42. The number of carbonyl (C=O) groups is 1. The average molecular weight is 400 g/mol. The number of nitrogens with one attached hydrogen (secondary N) is 1. The van der Waals surface area contributed by atoms with Crippen LogP contribution < -0.4 is 15.1 Å². The first-order chi connectivity index (χ1) is 13.5. The monoisotopic (exact) mass is 399 g/mol. The molecule has 2 atom stereocenters. The summed E-state index contributed by atoms with van der Waals surface area (Å²) >= 11 is 6.27. The molecule has 0 bridgehead atoms. The second-order valence-electron chi connectivity index (χ2n) is 7.52. The number of hydrogen-bond acceptors (Lipinski definition) is 4. The summed E-state index contributed by atoms with van der Waals surface area (Å²) in [5.74, 6) is 0.0596. The molecule has 2 heterocycles. The Morgan fingerprint density at radius 2 is 1.86 bits per heavy atom. The predicted molar refractivity (Wildman–Crippen MR) is 115 cm³/mol. The maximum atomic E-state index is 12.2. The maximum absolute atomic E-state index is 12.2. The molecule has 5 nitrogen and oxygen atoms in total. The third kappa shape index (κ3) is 3.82. The summed E-state index contributed by atoms with van der Waals surface area (Å²) in [5.41, 5.74) is 4.30. The van der Waals surface area contributed by atoms with Crippen molar-refractivity contribution in [2.24, 2.45) is 0 Å². The van der Waals surface area contributed by atoms with Crippen LogP contribution in [0.2, 0.25) is 5.02 Å². The molecule has 6 heteroatoms. The van der Waals surface area contributed by atoms with Gasteiger partial charge in [-0.15, -0.1) is 0 Å². The Morgan fingerprint density at radius 3 is 2.54 bits per heavy atom. The minimum Gasteiger partial charge on any atom is -0.378 e. The number of rotatable bonds is 3. The highest BCUT2D eigenvalue weighted by Gasteiger charge is 2.32. The van der Waals surface area contributed by atoms with E-state index in [1.165, 1.54) is 5.69 Å². The van der Waals surface area contributed by atoms with Crippen LogP contribution in [0.15, 0.2) is 42.5 Å². The van der Waals surface area contributed by atoms with Gasteiger partial charge < -0.3 is 19.9 Å². The normalized spacial score (nSPS) is 22.0. The number of carbonyl (C=O) groups excluding carboxylic acids is 1. The number of morpholine rings is 1. The summed E-state index contributed by atoms with van der Waals surface area (Å²) in [4.78, 5) is 16.4. The van der Waals surface area contributed by atoms with Crippen molar-refractivity contribution in [1.82, 2.24) is 0 Å². The molecule has 4 rings (SSSR count). The fourth-order valence-electron chi connectivity index (χ4n) is 4.24. The summed E-state index contributed by atoms with van der Waals surface area (Å²) < 4.78 is 5.43. The molecule has 1 saturated heterocycles. The van der Waals surface area contributed by atoms with Crippen molar-refractivity contribution in [1.29, 1.82) is 0 Å². The lowest BCUT2D eigenvalue weighted by atomic mass is 9.91. The molecule has 148 valence electrons. The van der Waals surface area contributed by atoms with Crippen molar-refractivity contribution in [2.75, 3.05) is 41.4 Å². The van der Waals surface area contributed by atoms with E-state index in [0.717, 1.165) is 49.7 Å². The molecule has 1 fully saturated rings. The Morgan fingerprint density at radius 1 is 1.14 bits per heavy atom. The minimum absolute atomic E-state index is 0.0596. The Kier molecular flexibility index (Phi) is 5.47. The van der Waals surface area contributed by atoms with Crippen LogP contribution in [-0.4, -0.2) is 38.3 Å². The van der Waals surface area contributed by atoms with Crippen LogP contribution >= 0.6 is 11.6 Å². The van der Waals surface area contributed by atoms with Gasteiger partial charge in [-0.05, 0) is 61.4 Å². The molecule has 1 N–H and O–H groups in total. The van der Waals surface area contributed by atoms with E-state index in [4.69, 9.17) is 16.3 Å². The molecular formula is C22H26ClN3O2. The summed E-state index contributed by atoms with van der Waals surface area (Å²) in [6.07, 6.45) is 0.831. The molecule has 0 aromatic heterocycles. The van der Waals surface area contributed by atoms with E-state index in [0.29, 0.717) is 5.02 Å². The largest absolute Gasteiger partial charge is 0.378 e. The molecule has 1 amide bonds. The van der Waals surface area contributed by atoms with Crippen molar-refractivity contribution in [3.63, 3.8) is 0 Å². The highest BCUT2D eigenvalue weighted by molar-refractivity contribution is 6.30. The van der Waals surface area contributed by atoms with E-state index < -0.39 is 0 Å². The van der Waals surface area contributed by atoms with E-state index in [2.05, 4.69) is 41.4 Å². The van der Waals surface area contributed by atoms with Gasteiger partial charge in [-0.3, -0.25) is 4.79 Å². The van der Waals surface area contributed by atoms with Gasteiger partial charge in [-0.1, -0.05) is 11.6 Å². The second kappa shape index (κ2) is 8.02. The molecule has 2 aromatic carbocycles. The molecule has 0 spiro atoms. The molecule has 0 aliphatic carbocycles. The second-order valence-corrected chi connectivity index (χ2v) is 7.96. The summed E-state index contributed by atoms with van der Waals surface area (Å²) in [7, 11) is 0. The number of anilines is 3. The number of hydrogen-bond donors (Lipinski definition) is 1. The van der Waals surface area contributed by atoms with E-state index in [1.807, 2.05) is 23.1 Å². The van der Waals surface area contributed by atoms with E-state index in [-0.39, 0.29) is 18.0 Å². The minimum atomic E-state index is 0.0596. The Labute approximate surface area is 171 Å². The quantitative estimate of drug-likeness (QED) is 0.826. The van der Waals surface area contributed by atoms with Crippen LogP contribution in [-0.2, 0) is 9.53 Å². The highest BCUT2D eigenvalue weighted by atomic mass is 35.5. The molecule has 0 radical (unpaired) electrons. The summed E-state index contributed by atoms with van der Waals surface area (Å²) in [6, 6.07) is 14.5. The van der Waals surface area contributed by atoms with Gasteiger partial charge in [-0.25, -0.2) is 0 Å². The van der Waals surface area contributed by atoms with E-state index in [1.54, 1.807) is 6.92 Å². The summed E-state index contributed by atoms with van der Waals surface area (Å²) in [5, 5.41) is 4.33. The van der Waals surface area contributed by atoms with Gasteiger partial charge in [0.1, 0.15) is 0 Å². The van der Waals surface area contributed by atoms with Gasteiger partial charge in [0.2, 0.25) is 5.91 Å². The SMILES string of the molecule is CC(=O)N1c2ccc(Cl)cc2[C@@H](Nc2ccc(N3CCOCC3)cc2)C[C@H]1C. The van der Waals surface area contributed by atoms with Crippen molar-refractivity contribution in [3.05, 3.63) is 53.1 Å². The molecule has 2 aliphatic rings. The standard InChI is InChI=1S/C22H26ClN3O2/c1-15-13-21(20-14-17(23)3-8-22(20)26(15)16(2)27)24-18-4-6-19(7-5-18)25-9-11-28-12-10-25/h3-8,14-15,21,24H,9-13H2,1-2H3/t15-,21+/m1/s1. The first-order valence-corrected chi connectivity index (χ1v) is 10.2. The molecule has 2 aromatic rings. The van der Waals surface area contributed by atoms with Crippen LogP contribution in [0.3, 0.4) is 0 Å². The Hall–Kier alpha value is -2.24. The molecular weight excluding hydrogens is 374 g/mol. The van der Waals surface area contributed by atoms with Crippen LogP contribution in [0.1, 0.15) is 31.9 Å². The number of fused-ring (bicyclic) bond motifs is 1. The van der Waals surface area contributed by atoms with Crippen LogP contribution in [0.5, 0.6) is 0 Å². The first kappa shape index (κ1) is 19.1. The first-order valence-electron chi connectivity index (χ1n) is 9.81. The number of halogens is 1. The van der Waals surface area contributed by atoms with Crippen molar-refractivity contribution < 1.29 is 9.53 Å². The molecule has 28 heavy (non-hydrogen) atoms. The van der Waals surface area contributed by atoms with Gasteiger partial charge in [0.15, 0.2) is 0 Å². The lowest BCUT2D eigenvalue weighted by Crippen LogP contribution is -2.43. The average Bonchev–Trinajstić information content (AvgIpc) is 2.69. The zero-order valence-corrected chi connectivity index (χ0v) is 17.1. The molecule has 2 aliphatic heterocycles. The topological polar surface area (TPSA) is 44.8 Å². The lowest BCUT2D eigenvalue weighted by Gasteiger charge is -2.39. The van der Waals surface area contributed by atoms with Gasteiger partial charge >= 0.3 is 0 Å². The van der Waals surface area contributed by atoms with Gasteiger partial charge in [0, 0.05) is 48.1 Å². The lowest BCUT2D eigenvalue weighted by molar-refractivity contribution is -0.117. The summed E-state index contributed by atoms with van der Waals surface area (Å²) in [6.45, 7) is 7.13. The fraction of sp³-hybridized carbons (Fsp3) is 0.409. The smallest absolute Gasteiger partial charge is 0.224 e. The van der Waals surface area contributed by atoms with Crippen molar-refractivity contribution in [3.8, 4) is 0 Å². The third-order valence-electron chi connectivity index (χ3n) is 5.57. The van der Waals surface area contributed by atoms with Gasteiger partial charge in [0.25, 0.3) is 0 Å². The number of benzene rings is 2. The van der Waals surface area contributed by atoms with Gasteiger partial charge in [-0.2, -0.15) is 0 Å². The molecule has 0 saturated carbocycles. The number of ether oxygens (including phenoxy) is 1. The Bertz CT molecular complexity index is 849. The van der Waals surface area contributed by atoms with E-state index in [9.17, 15) is 4.79 Å². The van der Waals surface area contributed by atoms with Crippen LogP contribution in [0.25, 0.3) is 0 Å². The predicted octanol–water partition coefficient (Wildman–Crippen LogP) is 4.47. The van der Waals surface area contributed by atoms with Crippen LogP contribution in [0, 0.1) is 0 Å². The Balaban J connectivity index is 1.56. The number of nitrogens with zero attached hydrogens (tertiary/aromatic N) is 2. The zero-order valence-electron chi connectivity index (χ0n) is 16.3. The van der Waals surface area contributed by atoms with Gasteiger partial charge in [0.05, 0.1) is 19.3 Å². The van der Waals surface area contributed by atoms with E-state index >= 15 is 0 Å². The zero-order chi connectivity index (χ0) is 19.7. The van der Waals surface area contributed by atoms with Crippen molar-refractivity contribution >= 4 is 34.6 Å². The highest BCUT2D eigenvalue weighted by Crippen LogP contribution is 2.40. The maximum Gasteiger partial charge on any atom is 0.224 e. The molecule has 0 unspecified atom stereocenters. The van der Waals surface area contributed by atoms with Crippen LogP contribution in [0.4, 0.5) is 17.1 Å². The van der Waals surface area contributed by atoms with Crippen molar-refractivity contribution in [2.45, 2.75) is 32.4 Å². The third-order valence-corrected chi connectivity index (χ3v) is 5.80. The number of amides is 1.